The summed E-state index contributed by atoms with van der Waals surface area (Å²) in [6, 6.07) is 3.62. The van der Waals surface area contributed by atoms with Gasteiger partial charge in [-0.05, 0) is 25.5 Å². The highest BCUT2D eigenvalue weighted by atomic mass is 35.5. The van der Waals surface area contributed by atoms with Crippen molar-refractivity contribution in [3.05, 3.63) is 23.5 Å². The molecular weight excluding hydrogens is 200 g/mol. The first-order chi connectivity index (χ1) is 6.63. The standard InChI is InChI=1S/C10H15ClN2O/c1-3-9(7(2)14)13-8-4-5-12-10(11)6-8/h4-7,9,14H,3H2,1-2H3,(H,12,13). The Morgan fingerprint density at radius 2 is 2.36 bits per heavy atom. The van der Waals surface area contributed by atoms with Crippen LogP contribution in [0, 0.1) is 0 Å². The van der Waals surface area contributed by atoms with Crippen LogP contribution in [0.25, 0.3) is 0 Å². The monoisotopic (exact) mass is 214 g/mol. The van der Waals surface area contributed by atoms with Crippen LogP contribution in [0.4, 0.5) is 5.69 Å². The number of pyridine rings is 1. The Morgan fingerprint density at radius 3 is 2.86 bits per heavy atom. The summed E-state index contributed by atoms with van der Waals surface area (Å²) in [4.78, 5) is 3.88. The van der Waals surface area contributed by atoms with E-state index in [0.29, 0.717) is 5.15 Å². The summed E-state index contributed by atoms with van der Waals surface area (Å²) in [5.41, 5.74) is 0.887. The number of rotatable bonds is 4. The van der Waals surface area contributed by atoms with Gasteiger partial charge >= 0.3 is 0 Å². The molecular formula is C10H15ClN2O. The van der Waals surface area contributed by atoms with Gasteiger partial charge in [0.15, 0.2) is 0 Å². The number of nitrogens with zero attached hydrogens (tertiary/aromatic N) is 1. The number of halogens is 1. The number of aliphatic hydroxyl groups excluding tert-OH is 1. The van der Waals surface area contributed by atoms with E-state index in [0.717, 1.165) is 12.1 Å². The van der Waals surface area contributed by atoms with Crippen LogP contribution in [0.2, 0.25) is 5.15 Å². The summed E-state index contributed by atoms with van der Waals surface area (Å²) in [7, 11) is 0. The van der Waals surface area contributed by atoms with Gasteiger partial charge in [0.05, 0.1) is 12.1 Å². The van der Waals surface area contributed by atoms with Gasteiger partial charge in [0.2, 0.25) is 0 Å². The molecule has 0 amide bonds. The molecule has 0 aliphatic heterocycles. The van der Waals surface area contributed by atoms with Crippen LogP contribution in [-0.2, 0) is 0 Å². The van der Waals surface area contributed by atoms with Gasteiger partial charge in [-0.15, -0.1) is 0 Å². The fourth-order valence-electron chi connectivity index (χ4n) is 1.27. The second-order valence-electron chi connectivity index (χ2n) is 3.27. The van der Waals surface area contributed by atoms with Crippen molar-refractivity contribution in [2.75, 3.05) is 5.32 Å². The van der Waals surface area contributed by atoms with E-state index in [1.807, 2.05) is 13.0 Å². The SMILES string of the molecule is CCC(Nc1ccnc(Cl)c1)C(C)O. The highest BCUT2D eigenvalue weighted by molar-refractivity contribution is 6.29. The van der Waals surface area contributed by atoms with E-state index < -0.39 is 0 Å². The smallest absolute Gasteiger partial charge is 0.131 e. The van der Waals surface area contributed by atoms with Crippen LogP contribution in [0.5, 0.6) is 0 Å². The Labute approximate surface area is 89.1 Å². The second kappa shape index (κ2) is 5.17. The van der Waals surface area contributed by atoms with Crippen molar-refractivity contribution in [1.82, 2.24) is 4.98 Å². The maximum absolute atomic E-state index is 9.43. The predicted octanol–water partition coefficient (Wildman–Crippen LogP) is 2.31. The summed E-state index contributed by atoms with van der Waals surface area (Å²) in [5.74, 6) is 0. The topological polar surface area (TPSA) is 45.2 Å². The Balaban J connectivity index is 2.67. The largest absolute Gasteiger partial charge is 0.391 e. The average Bonchev–Trinajstić information content (AvgIpc) is 2.14. The molecule has 2 unspecified atom stereocenters. The highest BCUT2D eigenvalue weighted by Gasteiger charge is 2.11. The molecule has 0 aliphatic rings. The van der Waals surface area contributed by atoms with Crippen LogP contribution < -0.4 is 5.32 Å². The molecule has 0 aliphatic carbocycles. The minimum atomic E-state index is -0.382. The van der Waals surface area contributed by atoms with Crippen LogP contribution in [0.1, 0.15) is 20.3 Å². The summed E-state index contributed by atoms with van der Waals surface area (Å²) in [6.07, 6.45) is 2.11. The molecule has 0 aromatic carbocycles. The van der Waals surface area contributed by atoms with Crippen LogP contribution in [0.15, 0.2) is 18.3 Å². The van der Waals surface area contributed by atoms with Crippen LogP contribution >= 0.6 is 11.6 Å². The van der Waals surface area contributed by atoms with Gasteiger partial charge in [-0.3, -0.25) is 0 Å². The van der Waals surface area contributed by atoms with E-state index in [1.54, 1.807) is 19.2 Å². The van der Waals surface area contributed by atoms with Crippen molar-refractivity contribution < 1.29 is 5.11 Å². The zero-order chi connectivity index (χ0) is 10.6. The number of aliphatic hydroxyl groups is 1. The summed E-state index contributed by atoms with van der Waals surface area (Å²) in [6.45, 7) is 3.79. The molecule has 1 heterocycles. The molecule has 78 valence electrons. The Hall–Kier alpha value is -0.800. The van der Waals surface area contributed by atoms with Gasteiger partial charge < -0.3 is 10.4 Å². The average molecular weight is 215 g/mol. The third-order valence-electron chi connectivity index (χ3n) is 2.10. The first-order valence-electron chi connectivity index (χ1n) is 4.69. The second-order valence-corrected chi connectivity index (χ2v) is 3.65. The number of hydrogen-bond acceptors (Lipinski definition) is 3. The van der Waals surface area contributed by atoms with Gasteiger partial charge in [-0.1, -0.05) is 18.5 Å². The van der Waals surface area contributed by atoms with Crippen molar-refractivity contribution >= 4 is 17.3 Å². The molecule has 0 saturated heterocycles. The van der Waals surface area contributed by atoms with Crippen molar-refractivity contribution in [2.45, 2.75) is 32.4 Å². The fourth-order valence-corrected chi connectivity index (χ4v) is 1.44. The zero-order valence-electron chi connectivity index (χ0n) is 8.37. The molecule has 2 N–H and O–H groups in total. The van der Waals surface area contributed by atoms with Gasteiger partial charge in [-0.2, -0.15) is 0 Å². The van der Waals surface area contributed by atoms with Gasteiger partial charge in [0.25, 0.3) is 0 Å². The van der Waals surface area contributed by atoms with Gasteiger partial charge in [0.1, 0.15) is 5.15 Å². The van der Waals surface area contributed by atoms with E-state index in [1.165, 1.54) is 0 Å². The zero-order valence-corrected chi connectivity index (χ0v) is 9.12. The Kier molecular flexibility index (Phi) is 4.17. The molecule has 3 nitrogen and oxygen atoms in total. The third kappa shape index (κ3) is 3.16. The van der Waals surface area contributed by atoms with E-state index in [-0.39, 0.29) is 12.1 Å². The minimum Gasteiger partial charge on any atom is -0.391 e. The van der Waals surface area contributed by atoms with Crippen molar-refractivity contribution in [3.8, 4) is 0 Å². The molecule has 1 aromatic heterocycles. The lowest BCUT2D eigenvalue weighted by molar-refractivity contribution is 0.169. The lowest BCUT2D eigenvalue weighted by Crippen LogP contribution is -2.30. The predicted molar refractivity (Wildman–Crippen MR) is 58.6 cm³/mol. The lowest BCUT2D eigenvalue weighted by atomic mass is 10.1. The van der Waals surface area contributed by atoms with Crippen molar-refractivity contribution in [3.63, 3.8) is 0 Å². The first-order valence-corrected chi connectivity index (χ1v) is 5.07. The molecule has 1 aromatic rings. The van der Waals surface area contributed by atoms with Gasteiger partial charge in [0, 0.05) is 11.9 Å². The van der Waals surface area contributed by atoms with E-state index in [9.17, 15) is 5.11 Å². The molecule has 1 rings (SSSR count). The molecule has 0 radical (unpaired) electrons. The molecule has 2 atom stereocenters. The molecule has 0 spiro atoms. The minimum absolute atomic E-state index is 0.0495. The van der Waals surface area contributed by atoms with Crippen molar-refractivity contribution in [2.24, 2.45) is 0 Å². The van der Waals surface area contributed by atoms with Crippen molar-refractivity contribution in [1.29, 1.82) is 0 Å². The molecule has 14 heavy (non-hydrogen) atoms. The highest BCUT2D eigenvalue weighted by Crippen LogP contribution is 2.15. The maximum Gasteiger partial charge on any atom is 0.131 e. The van der Waals surface area contributed by atoms with Crippen LogP contribution in [0.3, 0.4) is 0 Å². The molecule has 0 fully saturated rings. The van der Waals surface area contributed by atoms with E-state index in [2.05, 4.69) is 10.3 Å². The number of anilines is 1. The first kappa shape index (κ1) is 11.3. The van der Waals surface area contributed by atoms with E-state index >= 15 is 0 Å². The van der Waals surface area contributed by atoms with Gasteiger partial charge in [-0.25, -0.2) is 4.98 Å². The Bertz CT molecular complexity index is 291. The van der Waals surface area contributed by atoms with E-state index in [4.69, 9.17) is 11.6 Å². The maximum atomic E-state index is 9.43. The lowest BCUT2D eigenvalue weighted by Gasteiger charge is -2.20. The fraction of sp³-hybridized carbons (Fsp3) is 0.500. The third-order valence-corrected chi connectivity index (χ3v) is 2.31. The molecule has 0 saturated carbocycles. The molecule has 0 bridgehead atoms. The Morgan fingerprint density at radius 1 is 1.64 bits per heavy atom. The van der Waals surface area contributed by atoms with Crippen LogP contribution in [-0.4, -0.2) is 22.2 Å². The quantitative estimate of drug-likeness (QED) is 0.757. The number of nitrogens with one attached hydrogen (secondary N) is 1. The normalized spacial score (nSPS) is 14.9. The summed E-state index contributed by atoms with van der Waals surface area (Å²) >= 11 is 5.74. The summed E-state index contributed by atoms with van der Waals surface area (Å²) < 4.78 is 0. The number of hydrogen-bond donors (Lipinski definition) is 2. The number of aromatic nitrogens is 1. The molecule has 4 heteroatoms. The summed E-state index contributed by atoms with van der Waals surface area (Å²) in [5, 5.41) is 13.1.